The molecule has 1 fully saturated rings. The van der Waals surface area contributed by atoms with Gasteiger partial charge in [-0.15, -0.1) is 11.3 Å². The molecular formula is C30H25FN10O2S. The highest BCUT2D eigenvalue weighted by Crippen LogP contribution is 2.35. The van der Waals surface area contributed by atoms with Gasteiger partial charge in [-0.05, 0) is 55.5 Å². The number of nitrogens with one attached hydrogen (secondary N) is 1. The first-order chi connectivity index (χ1) is 21.4. The minimum atomic E-state index is -0.348. The zero-order valence-corrected chi connectivity index (χ0v) is 24.2. The molecule has 6 aromatic rings. The van der Waals surface area contributed by atoms with Crippen LogP contribution in [0.1, 0.15) is 21.4 Å². The molecule has 1 aromatic carbocycles. The molecule has 0 atom stereocenters. The lowest BCUT2D eigenvalue weighted by Gasteiger charge is -2.40. The normalized spacial score (nSPS) is 13.3. The number of amides is 2. The summed E-state index contributed by atoms with van der Waals surface area (Å²) in [5, 5.41) is 8.37. The van der Waals surface area contributed by atoms with Crippen molar-refractivity contribution in [3.8, 4) is 33.2 Å². The molecule has 0 spiro atoms. The number of nitrogens with two attached hydrogens (primary N) is 1. The van der Waals surface area contributed by atoms with E-state index in [1.165, 1.54) is 23.5 Å². The number of aromatic nitrogens is 7. The Labute approximate surface area is 254 Å². The molecule has 0 aliphatic carbocycles. The van der Waals surface area contributed by atoms with Crippen LogP contribution in [0.2, 0.25) is 0 Å². The Bertz CT molecular complexity index is 2010. The average molecular weight is 609 g/mol. The molecule has 0 radical (unpaired) electrons. The van der Waals surface area contributed by atoms with Gasteiger partial charge in [-0.25, -0.2) is 23.9 Å². The highest BCUT2D eigenvalue weighted by atomic mass is 32.1. The van der Waals surface area contributed by atoms with Crippen LogP contribution in [0.4, 0.5) is 10.2 Å². The fraction of sp³-hybridized carbons (Fsp3) is 0.167. The molecule has 2 amide bonds. The molecule has 0 unspecified atom stereocenters. The zero-order chi connectivity index (χ0) is 30.4. The number of carbonyl (C=O) groups excluding carboxylic acids is 2. The van der Waals surface area contributed by atoms with E-state index >= 15 is 0 Å². The van der Waals surface area contributed by atoms with Crippen molar-refractivity contribution >= 4 is 34.6 Å². The number of aryl methyl sites for hydroxylation is 1. The fourth-order valence-corrected chi connectivity index (χ4v) is 6.09. The van der Waals surface area contributed by atoms with Crippen molar-refractivity contribution in [1.82, 2.24) is 39.0 Å². The summed E-state index contributed by atoms with van der Waals surface area (Å²) in [5.74, 6) is -0.454. The molecule has 1 saturated heterocycles. The molecule has 220 valence electrons. The highest BCUT2D eigenvalue weighted by Gasteiger charge is 2.34. The number of anilines is 1. The third kappa shape index (κ3) is 4.99. The minimum Gasteiger partial charge on any atom is -0.337 e. The van der Waals surface area contributed by atoms with Crippen LogP contribution >= 0.6 is 11.3 Å². The largest absolute Gasteiger partial charge is 0.337 e. The molecule has 1 aliphatic rings. The summed E-state index contributed by atoms with van der Waals surface area (Å²) >= 11 is 1.29. The highest BCUT2D eigenvalue weighted by molar-refractivity contribution is 7.17. The Kier molecular flexibility index (Phi) is 6.91. The number of carbonyl (C=O) groups is 2. The molecule has 14 heteroatoms. The molecular weight excluding hydrogens is 583 g/mol. The van der Waals surface area contributed by atoms with E-state index in [0.717, 1.165) is 11.1 Å². The smallest absolute Gasteiger partial charge is 0.268 e. The first-order valence-electron chi connectivity index (χ1n) is 13.7. The molecule has 7 rings (SSSR count). The summed E-state index contributed by atoms with van der Waals surface area (Å²) in [5.41, 5.74) is 10.2. The predicted octanol–water partition coefficient (Wildman–Crippen LogP) is 3.82. The first kappa shape index (κ1) is 27.5. The van der Waals surface area contributed by atoms with E-state index < -0.39 is 0 Å². The van der Waals surface area contributed by atoms with Gasteiger partial charge in [0.25, 0.3) is 5.91 Å². The standard InChI is InChI=1S/C30H25FN10O2S/c1-17-28(44-30(35-17)19-3-2-10-33-12-19)29(43)37-23-15-41-24(36-23)9-8-22(38-41)27-26(18-4-6-20(31)7-5-18)34-16-40(27)21-13-39(14-21)25(42)11-32/h2-10,12,15-16,21H,11,13-14,32H2,1H3,(H,37,43). The number of thiazole rings is 1. The quantitative estimate of drug-likeness (QED) is 0.278. The summed E-state index contributed by atoms with van der Waals surface area (Å²) in [6, 6.07) is 13.4. The van der Waals surface area contributed by atoms with Crippen LogP contribution < -0.4 is 11.1 Å². The van der Waals surface area contributed by atoms with Crippen LogP contribution in [0.15, 0.2) is 73.4 Å². The number of rotatable bonds is 7. The number of hydrogen-bond acceptors (Lipinski definition) is 9. The summed E-state index contributed by atoms with van der Waals surface area (Å²) in [7, 11) is 0. The maximum absolute atomic E-state index is 13.7. The maximum Gasteiger partial charge on any atom is 0.268 e. The van der Waals surface area contributed by atoms with Gasteiger partial charge in [0.15, 0.2) is 11.5 Å². The number of pyridine rings is 1. The molecule has 12 nitrogen and oxygen atoms in total. The van der Waals surface area contributed by atoms with Crippen molar-refractivity contribution in [1.29, 1.82) is 0 Å². The second-order valence-electron chi connectivity index (χ2n) is 10.3. The van der Waals surface area contributed by atoms with Gasteiger partial charge in [-0.2, -0.15) is 5.10 Å². The number of hydrogen-bond donors (Lipinski definition) is 2. The molecule has 5 aromatic heterocycles. The van der Waals surface area contributed by atoms with Gasteiger partial charge in [-0.3, -0.25) is 14.6 Å². The van der Waals surface area contributed by atoms with Crippen LogP contribution in [0.5, 0.6) is 0 Å². The second kappa shape index (κ2) is 11.1. The summed E-state index contributed by atoms with van der Waals surface area (Å²) in [6.07, 6.45) is 6.74. The van der Waals surface area contributed by atoms with Gasteiger partial charge in [0.05, 0.1) is 42.2 Å². The van der Waals surface area contributed by atoms with E-state index in [2.05, 4.69) is 25.3 Å². The van der Waals surface area contributed by atoms with E-state index in [0.29, 0.717) is 57.2 Å². The van der Waals surface area contributed by atoms with Gasteiger partial charge in [0, 0.05) is 36.6 Å². The molecule has 44 heavy (non-hydrogen) atoms. The summed E-state index contributed by atoms with van der Waals surface area (Å²) in [6.45, 7) is 2.73. The molecule has 0 saturated carbocycles. The Morgan fingerprint density at radius 3 is 2.66 bits per heavy atom. The SMILES string of the molecule is Cc1nc(-c2cccnc2)sc1C(=O)Nc1cn2nc(-c3c(-c4ccc(F)cc4)ncn3C3CN(C(=O)CN)C3)ccc2n1. The van der Waals surface area contributed by atoms with Gasteiger partial charge >= 0.3 is 0 Å². The Morgan fingerprint density at radius 2 is 1.91 bits per heavy atom. The lowest BCUT2D eigenvalue weighted by molar-refractivity contribution is -0.135. The first-order valence-corrected chi connectivity index (χ1v) is 14.6. The third-order valence-corrected chi connectivity index (χ3v) is 8.62. The number of likely N-dealkylation sites (tertiary alicyclic amines) is 1. The van der Waals surface area contributed by atoms with E-state index in [-0.39, 0.29) is 30.2 Å². The van der Waals surface area contributed by atoms with Crippen molar-refractivity contribution in [3.05, 3.63) is 89.8 Å². The van der Waals surface area contributed by atoms with Crippen molar-refractivity contribution in [2.24, 2.45) is 5.73 Å². The van der Waals surface area contributed by atoms with E-state index in [4.69, 9.17) is 10.8 Å². The molecule has 1 aliphatic heterocycles. The third-order valence-electron chi connectivity index (χ3n) is 7.41. The second-order valence-corrected chi connectivity index (χ2v) is 11.3. The zero-order valence-electron chi connectivity index (χ0n) is 23.4. The van der Waals surface area contributed by atoms with E-state index in [1.807, 2.05) is 22.8 Å². The molecule has 0 bridgehead atoms. The maximum atomic E-state index is 13.7. The predicted molar refractivity (Wildman–Crippen MR) is 162 cm³/mol. The topological polar surface area (TPSA) is 149 Å². The van der Waals surface area contributed by atoms with Gasteiger partial charge in [0.2, 0.25) is 5.91 Å². The van der Waals surface area contributed by atoms with Crippen molar-refractivity contribution in [2.75, 3.05) is 25.0 Å². The summed E-state index contributed by atoms with van der Waals surface area (Å²) in [4.78, 5) is 45.3. The fourth-order valence-electron chi connectivity index (χ4n) is 5.14. The monoisotopic (exact) mass is 608 g/mol. The van der Waals surface area contributed by atoms with Crippen molar-refractivity contribution in [2.45, 2.75) is 13.0 Å². The lowest BCUT2D eigenvalue weighted by Crippen LogP contribution is -2.52. The minimum absolute atomic E-state index is 0.0310. The average Bonchev–Trinajstić information content (AvgIpc) is 3.73. The van der Waals surface area contributed by atoms with Crippen molar-refractivity contribution < 1.29 is 14.0 Å². The van der Waals surface area contributed by atoms with Crippen molar-refractivity contribution in [3.63, 3.8) is 0 Å². The van der Waals surface area contributed by atoms with Crippen LogP contribution in [-0.2, 0) is 4.79 Å². The number of halogens is 1. The van der Waals surface area contributed by atoms with E-state index in [1.54, 1.807) is 59.5 Å². The van der Waals surface area contributed by atoms with Crippen LogP contribution in [0, 0.1) is 12.7 Å². The number of benzene rings is 1. The Balaban J connectivity index is 1.20. The molecule has 3 N–H and O–H groups in total. The van der Waals surface area contributed by atoms with Crippen LogP contribution in [0.25, 0.3) is 38.9 Å². The molecule has 6 heterocycles. The van der Waals surface area contributed by atoms with Crippen LogP contribution in [0.3, 0.4) is 0 Å². The van der Waals surface area contributed by atoms with Crippen LogP contribution in [-0.4, -0.2) is 70.5 Å². The summed E-state index contributed by atoms with van der Waals surface area (Å²) < 4.78 is 17.3. The number of imidazole rings is 2. The van der Waals surface area contributed by atoms with E-state index in [9.17, 15) is 14.0 Å². The lowest BCUT2D eigenvalue weighted by atomic mass is 10.1. The Morgan fingerprint density at radius 1 is 1.09 bits per heavy atom. The number of nitrogens with zero attached hydrogens (tertiary/aromatic N) is 8. The number of fused-ring (bicyclic) bond motifs is 1. The van der Waals surface area contributed by atoms with Gasteiger partial charge in [-0.1, -0.05) is 0 Å². The van der Waals surface area contributed by atoms with Gasteiger partial charge in [0.1, 0.15) is 21.4 Å². The van der Waals surface area contributed by atoms with Gasteiger partial charge < -0.3 is 20.5 Å². The Hall–Kier alpha value is -5.34.